The molecule has 1 saturated carbocycles. The van der Waals surface area contributed by atoms with E-state index in [0.29, 0.717) is 29.4 Å². The quantitative estimate of drug-likeness (QED) is 0.330. The summed E-state index contributed by atoms with van der Waals surface area (Å²) in [4.78, 5) is 12.0. The fourth-order valence-electron chi connectivity index (χ4n) is 5.49. The Morgan fingerprint density at radius 3 is 1.48 bits per heavy atom. The van der Waals surface area contributed by atoms with Gasteiger partial charge in [-0.2, -0.15) is 0 Å². The van der Waals surface area contributed by atoms with Gasteiger partial charge in [0.05, 0.1) is 12.0 Å². The number of hydrogen-bond donors (Lipinski definition) is 0. The zero-order valence-electron chi connectivity index (χ0n) is 22.3. The Labute approximate surface area is 201 Å². The van der Waals surface area contributed by atoms with Gasteiger partial charge in [0.25, 0.3) is 0 Å². The molecule has 0 saturated heterocycles. The molecule has 33 heavy (non-hydrogen) atoms. The van der Waals surface area contributed by atoms with Crippen molar-refractivity contribution in [2.75, 3.05) is 0 Å². The van der Waals surface area contributed by atoms with E-state index in [1.54, 1.807) is 0 Å². The minimum atomic E-state index is -0.201. The molecular formula is C30H44O3. The highest BCUT2D eigenvalue weighted by molar-refractivity contribution is 5.74. The summed E-state index contributed by atoms with van der Waals surface area (Å²) in [7, 11) is 0. The first-order valence-corrected chi connectivity index (χ1v) is 12.7. The van der Waals surface area contributed by atoms with Crippen LogP contribution in [0.15, 0.2) is 48.5 Å². The summed E-state index contributed by atoms with van der Waals surface area (Å²) < 4.78 is 11.4. The molecule has 0 heterocycles. The molecule has 2 aromatic rings. The number of esters is 1. The normalized spacial score (nSPS) is 26.7. The Kier molecular flexibility index (Phi) is 9.17. The molecule has 3 nitrogen and oxygen atoms in total. The zero-order chi connectivity index (χ0) is 24.9. The summed E-state index contributed by atoms with van der Waals surface area (Å²) in [5.74, 6) is 3.31. The van der Waals surface area contributed by atoms with Crippen molar-refractivity contribution in [1.29, 1.82) is 0 Å². The Hall–Kier alpha value is -2.29. The fraction of sp³-hybridized carbons (Fsp3) is 0.567. The second-order valence-corrected chi connectivity index (χ2v) is 9.96. The number of carbonyl (C=O) groups excluding carboxylic acids is 1. The number of carbonyl (C=O) groups is 1. The second kappa shape index (κ2) is 11.2. The SMILES string of the molecule is CC.CC(C)Oc1ccc(C2(c3ccc(OC(=O)C(C)C)cc3)C(C)C(C)C(C)C2C)cc1. The molecule has 0 aromatic heterocycles. The van der Waals surface area contributed by atoms with Crippen molar-refractivity contribution in [3.63, 3.8) is 0 Å². The second-order valence-electron chi connectivity index (χ2n) is 9.96. The van der Waals surface area contributed by atoms with E-state index in [2.05, 4.69) is 64.1 Å². The van der Waals surface area contributed by atoms with Gasteiger partial charge in [0.15, 0.2) is 0 Å². The van der Waals surface area contributed by atoms with Crippen LogP contribution in [0.25, 0.3) is 0 Å². The largest absolute Gasteiger partial charge is 0.491 e. The van der Waals surface area contributed by atoms with E-state index in [-0.39, 0.29) is 23.4 Å². The molecule has 0 N–H and O–H groups in total. The summed E-state index contributed by atoms with van der Waals surface area (Å²) >= 11 is 0. The lowest BCUT2D eigenvalue weighted by atomic mass is 9.63. The van der Waals surface area contributed by atoms with Gasteiger partial charge in [-0.1, -0.05) is 79.7 Å². The number of benzene rings is 2. The summed E-state index contributed by atoms with van der Waals surface area (Å²) in [5, 5.41) is 0. The lowest BCUT2D eigenvalue weighted by Gasteiger charge is -2.40. The van der Waals surface area contributed by atoms with Crippen LogP contribution in [0.3, 0.4) is 0 Å². The van der Waals surface area contributed by atoms with Crippen LogP contribution >= 0.6 is 0 Å². The first-order chi connectivity index (χ1) is 15.6. The summed E-state index contributed by atoms with van der Waals surface area (Å²) in [6.45, 7) is 21.3. The zero-order valence-corrected chi connectivity index (χ0v) is 22.3. The Morgan fingerprint density at radius 2 is 1.12 bits per heavy atom. The van der Waals surface area contributed by atoms with Gasteiger partial charge in [-0.25, -0.2) is 0 Å². The van der Waals surface area contributed by atoms with Gasteiger partial charge >= 0.3 is 5.97 Å². The molecule has 0 amide bonds. The third kappa shape index (κ3) is 5.28. The van der Waals surface area contributed by atoms with Crippen molar-refractivity contribution in [2.45, 2.75) is 80.8 Å². The molecule has 2 aromatic carbocycles. The van der Waals surface area contributed by atoms with Crippen LogP contribution in [0.1, 0.15) is 80.4 Å². The molecule has 1 aliphatic rings. The van der Waals surface area contributed by atoms with Crippen LogP contribution < -0.4 is 9.47 Å². The first-order valence-electron chi connectivity index (χ1n) is 12.7. The molecule has 4 unspecified atom stereocenters. The molecule has 3 heteroatoms. The van der Waals surface area contributed by atoms with Crippen LogP contribution in [-0.4, -0.2) is 12.1 Å². The minimum absolute atomic E-state index is 0.101. The van der Waals surface area contributed by atoms with E-state index in [9.17, 15) is 4.79 Å². The average Bonchev–Trinajstić information content (AvgIpc) is 2.97. The van der Waals surface area contributed by atoms with E-state index < -0.39 is 0 Å². The van der Waals surface area contributed by atoms with Crippen molar-refractivity contribution < 1.29 is 14.3 Å². The highest BCUT2D eigenvalue weighted by Crippen LogP contribution is 2.58. The predicted molar refractivity (Wildman–Crippen MR) is 138 cm³/mol. The van der Waals surface area contributed by atoms with E-state index in [0.717, 1.165) is 5.75 Å². The van der Waals surface area contributed by atoms with E-state index in [1.165, 1.54) is 11.1 Å². The third-order valence-electron chi connectivity index (χ3n) is 7.57. The third-order valence-corrected chi connectivity index (χ3v) is 7.57. The minimum Gasteiger partial charge on any atom is -0.491 e. The van der Waals surface area contributed by atoms with Crippen molar-refractivity contribution >= 4 is 5.97 Å². The van der Waals surface area contributed by atoms with Crippen LogP contribution in [0.2, 0.25) is 0 Å². The molecule has 1 aliphatic carbocycles. The molecule has 1 fully saturated rings. The van der Waals surface area contributed by atoms with Crippen molar-refractivity contribution in [1.82, 2.24) is 0 Å². The maximum Gasteiger partial charge on any atom is 0.313 e. The molecule has 0 radical (unpaired) electrons. The van der Waals surface area contributed by atoms with Gasteiger partial charge < -0.3 is 9.47 Å². The van der Waals surface area contributed by atoms with E-state index >= 15 is 0 Å². The Balaban J connectivity index is 0.00000187. The molecule has 0 bridgehead atoms. The Bertz CT molecular complexity index is 866. The molecule has 3 rings (SSSR count). The molecule has 0 aliphatic heterocycles. The van der Waals surface area contributed by atoms with Gasteiger partial charge in [-0.3, -0.25) is 4.79 Å². The van der Waals surface area contributed by atoms with E-state index in [4.69, 9.17) is 9.47 Å². The summed E-state index contributed by atoms with van der Waals surface area (Å²) in [6, 6.07) is 16.9. The van der Waals surface area contributed by atoms with Crippen LogP contribution in [0.4, 0.5) is 0 Å². The average molecular weight is 453 g/mol. The van der Waals surface area contributed by atoms with Gasteiger partial charge in [-0.15, -0.1) is 0 Å². The fourth-order valence-corrected chi connectivity index (χ4v) is 5.49. The highest BCUT2D eigenvalue weighted by atomic mass is 16.5. The van der Waals surface area contributed by atoms with Crippen LogP contribution in [0, 0.1) is 29.6 Å². The topological polar surface area (TPSA) is 35.5 Å². The van der Waals surface area contributed by atoms with Gasteiger partial charge in [0.1, 0.15) is 11.5 Å². The van der Waals surface area contributed by atoms with Crippen LogP contribution in [-0.2, 0) is 10.2 Å². The van der Waals surface area contributed by atoms with Crippen molar-refractivity contribution in [3.8, 4) is 11.5 Å². The number of ether oxygens (including phenoxy) is 2. The summed E-state index contributed by atoms with van der Waals surface area (Å²) in [6.07, 6.45) is 0.158. The molecular weight excluding hydrogens is 408 g/mol. The van der Waals surface area contributed by atoms with Crippen molar-refractivity contribution in [3.05, 3.63) is 59.7 Å². The number of rotatable bonds is 6. The molecule has 4 atom stereocenters. The van der Waals surface area contributed by atoms with Crippen molar-refractivity contribution in [2.24, 2.45) is 29.6 Å². The smallest absolute Gasteiger partial charge is 0.313 e. The lowest BCUT2D eigenvalue weighted by molar-refractivity contribution is -0.137. The number of hydrogen-bond acceptors (Lipinski definition) is 3. The molecule has 182 valence electrons. The maximum absolute atomic E-state index is 12.0. The monoisotopic (exact) mass is 452 g/mol. The standard InChI is InChI=1S/C28H38O3.C2H6/c1-17(2)27(29)31-26-15-11-24(12-16-26)28(21(7)19(5)20(6)22(28)8)23-9-13-25(14-10-23)30-18(3)4;1-2/h9-22H,1-8H3;1-2H3. The van der Waals surface area contributed by atoms with Gasteiger partial charge in [0.2, 0.25) is 0 Å². The predicted octanol–water partition coefficient (Wildman–Crippen LogP) is 7.91. The van der Waals surface area contributed by atoms with E-state index in [1.807, 2.05) is 53.7 Å². The maximum atomic E-state index is 12.0. The van der Waals surface area contributed by atoms with Crippen LogP contribution in [0.5, 0.6) is 11.5 Å². The highest BCUT2D eigenvalue weighted by Gasteiger charge is 2.55. The first kappa shape index (κ1) is 27.0. The molecule has 0 spiro atoms. The van der Waals surface area contributed by atoms with Gasteiger partial charge in [0, 0.05) is 5.41 Å². The lowest BCUT2D eigenvalue weighted by Crippen LogP contribution is -2.37. The van der Waals surface area contributed by atoms with Gasteiger partial charge in [-0.05, 0) is 72.9 Å². The Morgan fingerprint density at radius 1 is 0.727 bits per heavy atom. The summed E-state index contributed by atoms with van der Waals surface area (Å²) in [5.41, 5.74) is 2.51.